The third kappa shape index (κ3) is 4.09. The van der Waals surface area contributed by atoms with Crippen LogP contribution in [-0.2, 0) is 25.8 Å². The smallest absolute Gasteiger partial charge is 0.242 e. The fraction of sp³-hybridized carbons (Fsp3) is 0.526. The molecule has 1 aliphatic rings. The summed E-state index contributed by atoms with van der Waals surface area (Å²) >= 11 is 0. The van der Waals surface area contributed by atoms with Crippen molar-refractivity contribution in [1.82, 2.24) is 20.1 Å². The second-order valence-corrected chi connectivity index (χ2v) is 6.31. The molecule has 0 fully saturated rings. The lowest BCUT2D eigenvalue weighted by Crippen LogP contribution is -2.32. The number of aromatic nitrogens is 3. The molecule has 0 atom stereocenters. The van der Waals surface area contributed by atoms with Crippen molar-refractivity contribution in [1.29, 1.82) is 0 Å². The molecule has 1 aromatic heterocycles. The van der Waals surface area contributed by atoms with Crippen molar-refractivity contribution in [2.24, 2.45) is 0 Å². The van der Waals surface area contributed by atoms with Crippen molar-refractivity contribution in [3.8, 4) is 0 Å². The molecule has 0 saturated heterocycles. The van der Waals surface area contributed by atoms with Crippen molar-refractivity contribution in [3.63, 3.8) is 0 Å². The van der Waals surface area contributed by atoms with E-state index in [1.54, 1.807) is 0 Å². The van der Waals surface area contributed by atoms with Crippen LogP contribution in [0.1, 0.15) is 42.8 Å². The van der Waals surface area contributed by atoms with Gasteiger partial charge < -0.3 is 5.32 Å². The van der Waals surface area contributed by atoms with Gasteiger partial charge in [-0.25, -0.2) is 4.98 Å². The third-order valence-corrected chi connectivity index (χ3v) is 4.65. The van der Waals surface area contributed by atoms with E-state index in [0.29, 0.717) is 5.95 Å². The monoisotopic (exact) mass is 325 g/mol. The van der Waals surface area contributed by atoms with Crippen LogP contribution < -0.4 is 5.32 Å². The molecule has 24 heavy (non-hydrogen) atoms. The lowest BCUT2D eigenvalue weighted by atomic mass is 10.00. The summed E-state index contributed by atoms with van der Waals surface area (Å²) in [5, 5.41) is 11.8. The molecule has 0 spiro atoms. The maximum Gasteiger partial charge on any atom is 0.242 e. The molecule has 1 aromatic carbocycles. The molecule has 128 valence electrons. The summed E-state index contributed by atoms with van der Waals surface area (Å²) in [6.07, 6.45) is 4.04. The van der Waals surface area contributed by atoms with Gasteiger partial charge >= 0.3 is 0 Å². The van der Waals surface area contributed by atoms with Gasteiger partial charge in [-0.15, -0.1) is 5.10 Å². The zero-order valence-corrected chi connectivity index (χ0v) is 14.8. The van der Waals surface area contributed by atoms with E-state index in [2.05, 4.69) is 63.5 Å². The summed E-state index contributed by atoms with van der Waals surface area (Å²) in [7, 11) is 0. The molecule has 0 bridgehead atoms. The molecule has 2 heterocycles. The minimum atomic E-state index is 0.660. The predicted octanol–water partition coefficient (Wildman–Crippen LogP) is 2.86. The van der Waals surface area contributed by atoms with Crippen LogP contribution in [-0.4, -0.2) is 39.7 Å². The summed E-state index contributed by atoms with van der Waals surface area (Å²) in [5.74, 6) is 0.660. The number of benzene rings is 1. The fourth-order valence-electron chi connectivity index (χ4n) is 3.26. The average Bonchev–Trinajstić information content (AvgIpc) is 2.65. The first kappa shape index (κ1) is 16.8. The Bertz CT molecular complexity index is 671. The Morgan fingerprint density at radius 1 is 1.04 bits per heavy atom. The highest BCUT2D eigenvalue weighted by Gasteiger charge is 2.14. The Morgan fingerprint density at radius 3 is 2.62 bits per heavy atom. The minimum absolute atomic E-state index is 0.660. The second kappa shape index (κ2) is 8.20. The summed E-state index contributed by atoms with van der Waals surface area (Å²) in [5.41, 5.74) is 5.05. The van der Waals surface area contributed by atoms with Crippen LogP contribution in [0.3, 0.4) is 0 Å². The van der Waals surface area contributed by atoms with E-state index in [0.717, 1.165) is 63.3 Å². The fourth-order valence-corrected chi connectivity index (χ4v) is 3.26. The molecule has 0 radical (unpaired) electrons. The van der Waals surface area contributed by atoms with Crippen LogP contribution in [0.5, 0.6) is 0 Å². The summed E-state index contributed by atoms with van der Waals surface area (Å²) in [6, 6.07) is 8.78. The van der Waals surface area contributed by atoms with E-state index in [4.69, 9.17) is 0 Å². The van der Waals surface area contributed by atoms with Crippen LogP contribution in [0.25, 0.3) is 0 Å². The van der Waals surface area contributed by atoms with Crippen molar-refractivity contribution in [2.75, 3.05) is 25.0 Å². The summed E-state index contributed by atoms with van der Waals surface area (Å²) in [6.45, 7) is 8.41. The number of fused-ring (bicyclic) bond motifs is 1. The van der Waals surface area contributed by atoms with Crippen LogP contribution in [0.15, 0.2) is 24.3 Å². The van der Waals surface area contributed by atoms with Crippen LogP contribution >= 0.6 is 0 Å². The standard InChI is InChI=1S/C19H27N5/c1-3-17-18(4-2)22-23-19(21-17)20-11-7-12-24-13-10-15-8-5-6-9-16(15)14-24/h5-6,8-9H,3-4,7,10-14H2,1-2H3,(H,20,21,23). The molecule has 0 amide bonds. The predicted molar refractivity (Wildman–Crippen MR) is 97.1 cm³/mol. The van der Waals surface area contributed by atoms with Crippen LogP contribution in [0, 0.1) is 0 Å². The molecule has 2 aromatic rings. The first-order valence-electron chi connectivity index (χ1n) is 9.05. The molecular formula is C19H27N5. The van der Waals surface area contributed by atoms with Gasteiger partial charge in [0.15, 0.2) is 0 Å². The average molecular weight is 325 g/mol. The normalized spacial score (nSPS) is 14.4. The lowest BCUT2D eigenvalue weighted by Gasteiger charge is -2.28. The van der Waals surface area contributed by atoms with Crippen molar-refractivity contribution < 1.29 is 0 Å². The van der Waals surface area contributed by atoms with Gasteiger partial charge in [0.25, 0.3) is 0 Å². The topological polar surface area (TPSA) is 53.9 Å². The Hall–Kier alpha value is -2.01. The van der Waals surface area contributed by atoms with Gasteiger partial charge in [0.05, 0.1) is 11.4 Å². The SMILES string of the molecule is CCc1nnc(NCCCN2CCc3ccccc3C2)nc1CC. The number of hydrogen-bond acceptors (Lipinski definition) is 5. The Labute approximate surface area is 144 Å². The Kier molecular flexibility index (Phi) is 5.75. The van der Waals surface area contributed by atoms with Gasteiger partial charge in [0.1, 0.15) is 0 Å². The maximum atomic E-state index is 4.58. The first-order chi connectivity index (χ1) is 11.8. The van der Waals surface area contributed by atoms with Gasteiger partial charge in [-0.3, -0.25) is 4.90 Å². The summed E-state index contributed by atoms with van der Waals surface area (Å²) in [4.78, 5) is 7.11. The number of aryl methyl sites for hydroxylation is 2. The first-order valence-corrected chi connectivity index (χ1v) is 9.05. The van der Waals surface area contributed by atoms with Gasteiger partial charge in [-0.2, -0.15) is 5.10 Å². The molecule has 5 nitrogen and oxygen atoms in total. The van der Waals surface area contributed by atoms with Crippen molar-refractivity contribution in [3.05, 3.63) is 46.8 Å². The lowest BCUT2D eigenvalue weighted by molar-refractivity contribution is 0.253. The van der Waals surface area contributed by atoms with Crippen LogP contribution in [0.2, 0.25) is 0 Å². The second-order valence-electron chi connectivity index (χ2n) is 6.31. The van der Waals surface area contributed by atoms with E-state index >= 15 is 0 Å². The highest BCUT2D eigenvalue weighted by Crippen LogP contribution is 2.18. The molecular weight excluding hydrogens is 298 g/mol. The van der Waals surface area contributed by atoms with E-state index < -0.39 is 0 Å². The molecule has 5 heteroatoms. The zero-order chi connectivity index (χ0) is 16.8. The number of rotatable bonds is 7. The number of nitrogens with one attached hydrogen (secondary N) is 1. The van der Waals surface area contributed by atoms with Gasteiger partial charge in [-0.05, 0) is 36.8 Å². The third-order valence-electron chi connectivity index (χ3n) is 4.65. The van der Waals surface area contributed by atoms with Gasteiger partial charge in [0, 0.05) is 26.2 Å². The number of hydrogen-bond donors (Lipinski definition) is 1. The highest BCUT2D eigenvalue weighted by molar-refractivity contribution is 5.29. The Balaban J connectivity index is 1.45. The van der Waals surface area contributed by atoms with Crippen molar-refractivity contribution in [2.45, 2.75) is 46.1 Å². The highest BCUT2D eigenvalue weighted by atomic mass is 15.2. The maximum absolute atomic E-state index is 4.58. The van der Waals surface area contributed by atoms with Crippen molar-refractivity contribution >= 4 is 5.95 Å². The minimum Gasteiger partial charge on any atom is -0.353 e. The van der Waals surface area contributed by atoms with E-state index in [9.17, 15) is 0 Å². The molecule has 0 unspecified atom stereocenters. The molecule has 0 saturated carbocycles. The van der Waals surface area contributed by atoms with E-state index in [1.807, 2.05) is 0 Å². The molecule has 1 aliphatic heterocycles. The van der Waals surface area contributed by atoms with E-state index in [1.165, 1.54) is 11.1 Å². The number of nitrogens with zero attached hydrogens (tertiary/aromatic N) is 4. The summed E-state index contributed by atoms with van der Waals surface area (Å²) < 4.78 is 0. The Morgan fingerprint density at radius 2 is 1.83 bits per heavy atom. The van der Waals surface area contributed by atoms with Gasteiger partial charge in [-0.1, -0.05) is 38.1 Å². The largest absolute Gasteiger partial charge is 0.353 e. The molecule has 3 rings (SSSR count). The zero-order valence-electron chi connectivity index (χ0n) is 14.8. The molecule has 1 N–H and O–H groups in total. The van der Waals surface area contributed by atoms with E-state index in [-0.39, 0.29) is 0 Å². The van der Waals surface area contributed by atoms with Gasteiger partial charge in [0.2, 0.25) is 5.95 Å². The molecule has 0 aliphatic carbocycles. The number of anilines is 1. The van der Waals surface area contributed by atoms with Crippen LogP contribution in [0.4, 0.5) is 5.95 Å². The quantitative estimate of drug-likeness (QED) is 0.793.